The standard InChI is InChI=1S/C14H12Br2N2O3/c1-21-13-11(16)7-17-12(18-13)10(14(19)20)6-8-2-4-9(15)5-3-8/h2-5,7,10H,6H2,1H3,(H,19,20). The molecule has 0 aliphatic heterocycles. The number of benzene rings is 1. The van der Waals surface area contributed by atoms with E-state index in [2.05, 4.69) is 41.8 Å². The van der Waals surface area contributed by atoms with Crippen LogP contribution in [0.15, 0.2) is 39.4 Å². The summed E-state index contributed by atoms with van der Waals surface area (Å²) in [6.07, 6.45) is 1.81. The van der Waals surface area contributed by atoms with E-state index >= 15 is 0 Å². The van der Waals surface area contributed by atoms with Crippen LogP contribution in [0.25, 0.3) is 0 Å². The maximum atomic E-state index is 11.5. The quantitative estimate of drug-likeness (QED) is 0.809. The van der Waals surface area contributed by atoms with Gasteiger partial charge in [-0.25, -0.2) is 4.98 Å². The molecule has 110 valence electrons. The molecular formula is C14H12Br2N2O3. The van der Waals surface area contributed by atoms with Gasteiger partial charge >= 0.3 is 5.97 Å². The summed E-state index contributed by atoms with van der Waals surface area (Å²) in [6.45, 7) is 0. The zero-order valence-corrected chi connectivity index (χ0v) is 14.3. The molecule has 0 bridgehead atoms. The van der Waals surface area contributed by atoms with Crippen LogP contribution >= 0.6 is 31.9 Å². The van der Waals surface area contributed by atoms with E-state index in [4.69, 9.17) is 4.74 Å². The highest BCUT2D eigenvalue weighted by Crippen LogP contribution is 2.25. The molecule has 1 unspecified atom stereocenters. The van der Waals surface area contributed by atoms with Crippen molar-refractivity contribution in [2.75, 3.05) is 7.11 Å². The van der Waals surface area contributed by atoms with Crippen LogP contribution in [0.5, 0.6) is 5.88 Å². The molecule has 21 heavy (non-hydrogen) atoms. The van der Waals surface area contributed by atoms with Crippen LogP contribution in [-0.2, 0) is 11.2 Å². The van der Waals surface area contributed by atoms with E-state index in [1.807, 2.05) is 24.3 Å². The van der Waals surface area contributed by atoms with E-state index in [-0.39, 0.29) is 5.82 Å². The van der Waals surface area contributed by atoms with Gasteiger partial charge in [-0.05, 0) is 40.0 Å². The second-order valence-electron chi connectivity index (χ2n) is 4.31. The Morgan fingerprint density at radius 1 is 1.33 bits per heavy atom. The molecule has 1 aromatic carbocycles. The van der Waals surface area contributed by atoms with E-state index < -0.39 is 11.9 Å². The summed E-state index contributed by atoms with van der Waals surface area (Å²) in [5, 5.41) is 9.43. The molecule has 7 heteroatoms. The summed E-state index contributed by atoms with van der Waals surface area (Å²) in [5.41, 5.74) is 0.899. The van der Waals surface area contributed by atoms with E-state index in [0.29, 0.717) is 16.8 Å². The minimum atomic E-state index is -0.970. The summed E-state index contributed by atoms with van der Waals surface area (Å²) in [6, 6.07) is 7.49. The molecule has 2 aromatic rings. The van der Waals surface area contributed by atoms with Crippen molar-refractivity contribution in [3.63, 3.8) is 0 Å². The fourth-order valence-corrected chi connectivity index (χ4v) is 2.44. The highest BCUT2D eigenvalue weighted by atomic mass is 79.9. The van der Waals surface area contributed by atoms with Gasteiger partial charge in [0.1, 0.15) is 11.7 Å². The molecule has 0 saturated carbocycles. The molecule has 1 heterocycles. The smallest absolute Gasteiger partial charge is 0.314 e. The van der Waals surface area contributed by atoms with Gasteiger partial charge in [0.25, 0.3) is 0 Å². The molecule has 5 nitrogen and oxygen atoms in total. The molecule has 0 radical (unpaired) electrons. The van der Waals surface area contributed by atoms with Crippen molar-refractivity contribution in [1.82, 2.24) is 9.97 Å². The largest absolute Gasteiger partial charge is 0.481 e. The minimum Gasteiger partial charge on any atom is -0.481 e. The summed E-state index contributed by atoms with van der Waals surface area (Å²) >= 11 is 6.60. The van der Waals surface area contributed by atoms with Crippen molar-refractivity contribution >= 4 is 37.8 Å². The van der Waals surface area contributed by atoms with Gasteiger partial charge in [-0.1, -0.05) is 28.1 Å². The fraction of sp³-hybridized carbons (Fsp3) is 0.214. The van der Waals surface area contributed by atoms with Crippen LogP contribution in [-0.4, -0.2) is 28.2 Å². The number of aliphatic carboxylic acids is 1. The first-order chi connectivity index (χ1) is 10.0. The number of hydrogen-bond acceptors (Lipinski definition) is 4. The number of carboxylic acid groups (broad SMARTS) is 1. The van der Waals surface area contributed by atoms with Crippen molar-refractivity contribution in [2.24, 2.45) is 0 Å². The molecule has 0 aliphatic rings. The van der Waals surface area contributed by atoms with Gasteiger partial charge in [-0.2, -0.15) is 4.98 Å². The van der Waals surface area contributed by atoms with E-state index in [1.54, 1.807) is 0 Å². The molecule has 1 atom stereocenters. The number of hydrogen-bond donors (Lipinski definition) is 1. The van der Waals surface area contributed by atoms with Crippen LogP contribution in [0.1, 0.15) is 17.3 Å². The van der Waals surface area contributed by atoms with Gasteiger partial charge in [0.15, 0.2) is 0 Å². The Hall–Kier alpha value is -1.47. The topological polar surface area (TPSA) is 72.3 Å². The molecule has 0 amide bonds. The summed E-state index contributed by atoms with van der Waals surface area (Å²) < 4.78 is 6.61. The molecular weight excluding hydrogens is 404 g/mol. The third kappa shape index (κ3) is 4.01. The molecule has 2 rings (SSSR count). The number of ether oxygens (including phenoxy) is 1. The molecule has 0 spiro atoms. The van der Waals surface area contributed by atoms with Crippen LogP contribution in [0.3, 0.4) is 0 Å². The maximum absolute atomic E-state index is 11.5. The van der Waals surface area contributed by atoms with Crippen LogP contribution in [0, 0.1) is 0 Å². The Bertz CT molecular complexity index is 647. The molecule has 0 fully saturated rings. The maximum Gasteiger partial charge on any atom is 0.314 e. The predicted octanol–water partition coefficient (Wildman–Crippen LogP) is 3.42. The van der Waals surface area contributed by atoms with Crippen molar-refractivity contribution in [3.8, 4) is 5.88 Å². The predicted molar refractivity (Wildman–Crippen MR) is 84.5 cm³/mol. The Morgan fingerprint density at radius 2 is 2.00 bits per heavy atom. The second-order valence-corrected chi connectivity index (χ2v) is 6.08. The number of aromatic nitrogens is 2. The monoisotopic (exact) mass is 414 g/mol. The summed E-state index contributed by atoms with van der Waals surface area (Å²) in [5.74, 6) is -1.25. The lowest BCUT2D eigenvalue weighted by Crippen LogP contribution is -2.17. The lowest BCUT2D eigenvalue weighted by atomic mass is 9.98. The highest BCUT2D eigenvalue weighted by Gasteiger charge is 2.24. The van der Waals surface area contributed by atoms with Gasteiger partial charge in [0.05, 0.1) is 11.6 Å². The lowest BCUT2D eigenvalue weighted by molar-refractivity contribution is -0.139. The van der Waals surface area contributed by atoms with E-state index in [0.717, 1.165) is 10.0 Å². The van der Waals surface area contributed by atoms with Gasteiger partial charge in [0, 0.05) is 10.7 Å². The van der Waals surface area contributed by atoms with Crippen LogP contribution < -0.4 is 4.74 Å². The van der Waals surface area contributed by atoms with Crippen molar-refractivity contribution < 1.29 is 14.6 Å². The van der Waals surface area contributed by atoms with E-state index in [9.17, 15) is 9.90 Å². The number of nitrogens with zero attached hydrogens (tertiary/aromatic N) is 2. The first kappa shape index (κ1) is 15.9. The Labute approximate surface area is 138 Å². The summed E-state index contributed by atoms with van der Waals surface area (Å²) in [4.78, 5) is 19.8. The Morgan fingerprint density at radius 3 is 2.57 bits per heavy atom. The number of rotatable bonds is 5. The third-order valence-electron chi connectivity index (χ3n) is 2.89. The first-order valence-corrected chi connectivity index (χ1v) is 7.63. The molecule has 1 N–H and O–H groups in total. The highest BCUT2D eigenvalue weighted by molar-refractivity contribution is 9.10. The number of carboxylic acids is 1. The van der Waals surface area contributed by atoms with Crippen LogP contribution in [0.4, 0.5) is 0 Å². The van der Waals surface area contributed by atoms with Gasteiger partial charge in [-0.15, -0.1) is 0 Å². The molecule has 1 aromatic heterocycles. The Kier molecular flexibility index (Phi) is 5.30. The van der Waals surface area contributed by atoms with Gasteiger partial charge < -0.3 is 9.84 Å². The minimum absolute atomic E-state index is 0.227. The average molecular weight is 416 g/mol. The Balaban J connectivity index is 2.30. The summed E-state index contributed by atoms with van der Waals surface area (Å²) in [7, 11) is 1.47. The lowest BCUT2D eigenvalue weighted by Gasteiger charge is -2.12. The van der Waals surface area contributed by atoms with Crippen molar-refractivity contribution in [3.05, 3.63) is 50.8 Å². The molecule has 0 saturated heterocycles. The van der Waals surface area contributed by atoms with Crippen LogP contribution in [0.2, 0.25) is 0 Å². The fourth-order valence-electron chi connectivity index (χ4n) is 1.82. The zero-order valence-electron chi connectivity index (χ0n) is 11.1. The van der Waals surface area contributed by atoms with Crippen molar-refractivity contribution in [1.29, 1.82) is 0 Å². The number of halogens is 2. The molecule has 0 aliphatic carbocycles. The van der Waals surface area contributed by atoms with Gasteiger partial charge in [-0.3, -0.25) is 4.79 Å². The SMILES string of the molecule is COc1nc(C(Cc2ccc(Br)cc2)C(=O)O)ncc1Br. The number of carbonyl (C=O) groups is 1. The van der Waals surface area contributed by atoms with Gasteiger partial charge in [0.2, 0.25) is 5.88 Å². The second kappa shape index (κ2) is 7.00. The zero-order chi connectivity index (χ0) is 15.4. The van der Waals surface area contributed by atoms with E-state index in [1.165, 1.54) is 13.3 Å². The third-order valence-corrected chi connectivity index (χ3v) is 3.96. The first-order valence-electron chi connectivity index (χ1n) is 6.05. The van der Waals surface area contributed by atoms with Crippen molar-refractivity contribution in [2.45, 2.75) is 12.3 Å². The number of methoxy groups -OCH3 is 1. The average Bonchev–Trinajstić information content (AvgIpc) is 2.47. The normalized spacial score (nSPS) is 12.0.